The van der Waals surface area contributed by atoms with E-state index in [4.69, 9.17) is 0 Å². The molecule has 1 unspecified atom stereocenters. The lowest BCUT2D eigenvalue weighted by atomic mass is 10.1. The number of nitrogens with one attached hydrogen (secondary N) is 1. The molecule has 4 rings (SSSR count). The zero-order chi connectivity index (χ0) is 18.1. The average molecular weight is 356 g/mol. The summed E-state index contributed by atoms with van der Waals surface area (Å²) in [5.74, 6) is -0.279. The molecule has 0 saturated carbocycles. The molecule has 1 N–H and O–H groups in total. The monoisotopic (exact) mass is 356 g/mol. The summed E-state index contributed by atoms with van der Waals surface area (Å²) in [5, 5.41) is 3.62. The van der Waals surface area contributed by atoms with Gasteiger partial charge in [-0.2, -0.15) is 0 Å². The van der Waals surface area contributed by atoms with Crippen molar-refractivity contribution in [2.24, 2.45) is 5.92 Å². The molecule has 8 nitrogen and oxygen atoms in total. The predicted octanol–water partition coefficient (Wildman–Crippen LogP) is 1.11. The molecule has 2 fully saturated rings. The number of H-pyrrole nitrogens is 1. The third-order valence-electron chi connectivity index (χ3n) is 5.09. The molecule has 2 aromatic rings. The summed E-state index contributed by atoms with van der Waals surface area (Å²) in [6.45, 7) is 2.76. The van der Waals surface area contributed by atoms with Gasteiger partial charge >= 0.3 is 5.76 Å². The highest BCUT2D eigenvalue weighted by atomic mass is 16.5. The number of aromatic nitrogens is 2. The summed E-state index contributed by atoms with van der Waals surface area (Å²) in [6.07, 6.45) is 2.87. The topological polar surface area (TPSA) is 99.5 Å². The number of rotatable bonds is 3. The molecular formula is C18H20N4O4. The quantitative estimate of drug-likeness (QED) is 0.888. The third-order valence-corrected chi connectivity index (χ3v) is 5.09. The fourth-order valence-electron chi connectivity index (χ4n) is 3.65. The van der Waals surface area contributed by atoms with E-state index in [1.807, 2.05) is 4.90 Å². The van der Waals surface area contributed by atoms with Gasteiger partial charge in [-0.1, -0.05) is 17.3 Å². The Morgan fingerprint density at radius 1 is 1.08 bits per heavy atom. The van der Waals surface area contributed by atoms with Crippen LogP contribution in [0.25, 0.3) is 11.4 Å². The van der Waals surface area contributed by atoms with Crippen LogP contribution in [-0.4, -0.2) is 57.9 Å². The zero-order valence-electron chi connectivity index (χ0n) is 14.3. The van der Waals surface area contributed by atoms with Gasteiger partial charge in [0, 0.05) is 37.3 Å². The lowest BCUT2D eigenvalue weighted by Gasteiger charge is -2.20. The van der Waals surface area contributed by atoms with Crippen molar-refractivity contribution < 1.29 is 14.1 Å². The van der Waals surface area contributed by atoms with Crippen LogP contribution in [0.4, 0.5) is 0 Å². The van der Waals surface area contributed by atoms with Gasteiger partial charge in [0.1, 0.15) is 0 Å². The van der Waals surface area contributed by atoms with Gasteiger partial charge in [-0.15, -0.1) is 0 Å². The predicted molar refractivity (Wildman–Crippen MR) is 92.4 cm³/mol. The Labute approximate surface area is 149 Å². The molecule has 0 bridgehead atoms. The fourth-order valence-corrected chi connectivity index (χ4v) is 3.65. The molecule has 2 amide bonds. The van der Waals surface area contributed by atoms with Crippen LogP contribution in [0.3, 0.4) is 0 Å². The average Bonchev–Trinajstić information content (AvgIpc) is 3.42. The molecule has 0 aliphatic carbocycles. The Balaban J connectivity index is 1.41. The van der Waals surface area contributed by atoms with Crippen LogP contribution >= 0.6 is 0 Å². The summed E-state index contributed by atoms with van der Waals surface area (Å²) in [4.78, 5) is 42.3. The highest BCUT2D eigenvalue weighted by Gasteiger charge is 2.34. The Morgan fingerprint density at radius 2 is 1.81 bits per heavy atom. The largest absolute Gasteiger partial charge is 0.439 e. The van der Waals surface area contributed by atoms with E-state index in [1.54, 1.807) is 29.2 Å². The maximum atomic E-state index is 12.7. The van der Waals surface area contributed by atoms with E-state index >= 15 is 0 Å². The lowest BCUT2D eigenvalue weighted by molar-refractivity contribution is -0.133. The first-order chi connectivity index (χ1) is 12.6. The normalized spacial score (nSPS) is 19.9. The smallest absolute Gasteiger partial charge is 0.342 e. The molecule has 0 radical (unpaired) electrons. The zero-order valence-corrected chi connectivity index (χ0v) is 14.3. The van der Waals surface area contributed by atoms with E-state index in [0.29, 0.717) is 30.0 Å². The second-order valence-electron chi connectivity index (χ2n) is 6.79. The number of amides is 2. The Morgan fingerprint density at radius 3 is 2.46 bits per heavy atom. The van der Waals surface area contributed by atoms with Crippen molar-refractivity contribution in [2.45, 2.75) is 19.3 Å². The first kappa shape index (κ1) is 16.6. The van der Waals surface area contributed by atoms with Crippen molar-refractivity contribution in [1.82, 2.24) is 19.9 Å². The van der Waals surface area contributed by atoms with Gasteiger partial charge in [0.2, 0.25) is 5.91 Å². The lowest BCUT2D eigenvalue weighted by Crippen LogP contribution is -2.36. The number of nitrogens with zero attached hydrogens (tertiary/aromatic N) is 3. The number of benzene rings is 1. The molecule has 136 valence electrons. The van der Waals surface area contributed by atoms with Gasteiger partial charge in [-0.3, -0.25) is 19.1 Å². The highest BCUT2D eigenvalue weighted by Crippen LogP contribution is 2.23. The molecule has 3 heterocycles. The van der Waals surface area contributed by atoms with Crippen LogP contribution in [0.2, 0.25) is 0 Å². The number of hydrogen-bond donors (Lipinski definition) is 1. The minimum Gasteiger partial charge on any atom is -0.342 e. The Hall–Kier alpha value is -2.90. The first-order valence-electron chi connectivity index (χ1n) is 8.86. The number of aromatic amines is 1. The van der Waals surface area contributed by atoms with E-state index in [-0.39, 0.29) is 17.7 Å². The van der Waals surface area contributed by atoms with Crippen molar-refractivity contribution in [3.63, 3.8) is 0 Å². The van der Waals surface area contributed by atoms with Gasteiger partial charge in [-0.25, -0.2) is 4.79 Å². The van der Waals surface area contributed by atoms with Crippen LogP contribution in [0.5, 0.6) is 0 Å². The van der Waals surface area contributed by atoms with Crippen LogP contribution in [0, 0.1) is 5.92 Å². The summed E-state index contributed by atoms with van der Waals surface area (Å²) < 4.78 is 4.48. The van der Waals surface area contributed by atoms with E-state index < -0.39 is 5.76 Å². The van der Waals surface area contributed by atoms with Crippen LogP contribution in [0.15, 0.2) is 33.6 Å². The van der Waals surface area contributed by atoms with Crippen molar-refractivity contribution in [3.05, 3.63) is 40.4 Å². The summed E-state index contributed by atoms with van der Waals surface area (Å²) >= 11 is 0. The number of carbonyl (C=O) groups excluding carboxylic acids is 2. The Bertz CT molecular complexity index is 864. The van der Waals surface area contributed by atoms with Crippen molar-refractivity contribution in [1.29, 1.82) is 0 Å². The first-order valence-corrected chi connectivity index (χ1v) is 8.86. The number of likely N-dealkylation sites (tertiary alicyclic amines) is 2. The standard InChI is InChI=1S/C18H20N4O4/c23-16(13-5-3-12(4-6-13)15-19-18(25)26-20-15)22-10-7-14(11-22)17(24)21-8-1-2-9-21/h3-6,14H,1-2,7-11H2,(H,19,20,25). The van der Waals surface area contributed by atoms with Gasteiger partial charge in [0.25, 0.3) is 5.91 Å². The number of hydrogen-bond acceptors (Lipinski definition) is 5. The second-order valence-corrected chi connectivity index (χ2v) is 6.79. The molecule has 8 heteroatoms. The van der Waals surface area contributed by atoms with Gasteiger partial charge in [0.15, 0.2) is 5.82 Å². The van der Waals surface area contributed by atoms with Crippen LogP contribution < -0.4 is 5.76 Å². The second kappa shape index (κ2) is 6.78. The van der Waals surface area contributed by atoms with Crippen LogP contribution in [-0.2, 0) is 4.79 Å². The summed E-state index contributed by atoms with van der Waals surface area (Å²) in [5.41, 5.74) is 1.21. The van der Waals surface area contributed by atoms with Crippen molar-refractivity contribution in [3.8, 4) is 11.4 Å². The molecule has 1 aromatic heterocycles. The highest BCUT2D eigenvalue weighted by molar-refractivity contribution is 5.95. The minimum absolute atomic E-state index is 0.0816. The van der Waals surface area contributed by atoms with E-state index in [0.717, 1.165) is 32.4 Å². The SMILES string of the molecule is O=C(c1ccc(-c2noc(=O)[nH]2)cc1)N1CCC(C(=O)N2CCCC2)C1. The van der Waals surface area contributed by atoms with E-state index in [2.05, 4.69) is 14.7 Å². The molecule has 2 aliphatic heterocycles. The van der Waals surface area contributed by atoms with Gasteiger partial charge < -0.3 is 9.80 Å². The van der Waals surface area contributed by atoms with E-state index in [9.17, 15) is 14.4 Å². The third kappa shape index (κ3) is 3.14. The van der Waals surface area contributed by atoms with E-state index in [1.165, 1.54) is 0 Å². The molecule has 1 aromatic carbocycles. The van der Waals surface area contributed by atoms with Crippen molar-refractivity contribution in [2.75, 3.05) is 26.2 Å². The molecule has 2 aliphatic rings. The molecular weight excluding hydrogens is 336 g/mol. The maximum absolute atomic E-state index is 12.7. The molecule has 0 spiro atoms. The fraction of sp³-hybridized carbons (Fsp3) is 0.444. The van der Waals surface area contributed by atoms with Crippen LogP contribution in [0.1, 0.15) is 29.6 Å². The number of carbonyl (C=O) groups is 2. The summed E-state index contributed by atoms with van der Waals surface area (Å²) in [6, 6.07) is 6.81. The Kier molecular flexibility index (Phi) is 4.32. The maximum Gasteiger partial charge on any atom is 0.439 e. The minimum atomic E-state index is -0.620. The van der Waals surface area contributed by atoms with Gasteiger partial charge in [-0.05, 0) is 31.4 Å². The summed E-state index contributed by atoms with van der Waals surface area (Å²) in [7, 11) is 0. The molecule has 1 atom stereocenters. The van der Waals surface area contributed by atoms with Crippen molar-refractivity contribution >= 4 is 11.8 Å². The van der Waals surface area contributed by atoms with Gasteiger partial charge in [0.05, 0.1) is 5.92 Å². The molecule has 26 heavy (non-hydrogen) atoms. The molecule has 2 saturated heterocycles.